The van der Waals surface area contributed by atoms with Crippen molar-refractivity contribution in [1.29, 1.82) is 0 Å². The Morgan fingerprint density at radius 3 is 2.19 bits per heavy atom. The predicted octanol–water partition coefficient (Wildman–Crippen LogP) is 4.52. The van der Waals surface area contributed by atoms with Crippen LogP contribution in [0.4, 0.5) is 9.59 Å². The third-order valence-corrected chi connectivity index (χ3v) is 8.32. The van der Waals surface area contributed by atoms with Gasteiger partial charge in [0.05, 0.1) is 40.2 Å². The van der Waals surface area contributed by atoms with Crippen LogP contribution in [-0.2, 0) is 22.6 Å². The number of imidazole rings is 1. The molecule has 228 valence electrons. The number of urea groups is 1. The van der Waals surface area contributed by atoms with E-state index in [2.05, 4.69) is 26.2 Å². The van der Waals surface area contributed by atoms with Crippen molar-refractivity contribution in [3.63, 3.8) is 0 Å². The van der Waals surface area contributed by atoms with Crippen molar-refractivity contribution in [2.45, 2.75) is 39.0 Å². The Balaban J connectivity index is 1.42. The van der Waals surface area contributed by atoms with Gasteiger partial charge in [-0.25, -0.2) is 14.6 Å². The number of ether oxygens (including phenoxy) is 3. The highest BCUT2D eigenvalue weighted by Gasteiger charge is 2.43. The molecule has 0 saturated carbocycles. The smallest absolute Gasteiger partial charge is 0.407 e. The highest BCUT2D eigenvalue weighted by molar-refractivity contribution is 9.10. The van der Waals surface area contributed by atoms with E-state index < -0.39 is 18.2 Å². The first kappa shape index (κ1) is 30.2. The second-order valence-electron chi connectivity index (χ2n) is 10.8. The molecular weight excluding hydrogens is 620 g/mol. The Morgan fingerprint density at radius 1 is 1.00 bits per heavy atom. The summed E-state index contributed by atoms with van der Waals surface area (Å²) in [6.07, 6.45) is 1.09. The zero-order chi connectivity index (χ0) is 30.8. The summed E-state index contributed by atoms with van der Waals surface area (Å²) >= 11 is 3.45. The Kier molecular flexibility index (Phi) is 8.81. The standard InChI is InChI=1S/C30H35BrN6O6/c1-17(2)26(34-29(39)43-5)28(38)37-16-36(15-23(37)27-32-12-22(33-27)18-6-8-21(31)9-7-18)30(40)35-13-19-10-24(41-3)25(42-4)11-20(19)14-35/h6-12,17,23,26H,13-16H2,1-5H3,(H,32,33)(H,34,39). The number of alkyl carbamates (subject to hydrolysis) is 1. The molecule has 0 spiro atoms. The number of hydrogen-bond donors (Lipinski definition) is 2. The lowest BCUT2D eigenvalue weighted by Crippen LogP contribution is -2.52. The van der Waals surface area contributed by atoms with E-state index in [0.29, 0.717) is 36.1 Å². The molecule has 0 aliphatic carbocycles. The van der Waals surface area contributed by atoms with Crippen molar-refractivity contribution >= 4 is 34.0 Å². The zero-order valence-corrected chi connectivity index (χ0v) is 26.3. The molecule has 43 heavy (non-hydrogen) atoms. The highest BCUT2D eigenvalue weighted by atomic mass is 79.9. The number of methoxy groups -OCH3 is 3. The number of carbonyl (C=O) groups is 3. The predicted molar refractivity (Wildman–Crippen MR) is 161 cm³/mol. The van der Waals surface area contributed by atoms with E-state index >= 15 is 0 Å². The fourth-order valence-corrected chi connectivity index (χ4v) is 5.72. The average Bonchev–Trinajstić information content (AvgIpc) is 3.76. The lowest BCUT2D eigenvalue weighted by Gasteiger charge is -2.29. The molecule has 2 unspecified atom stereocenters. The summed E-state index contributed by atoms with van der Waals surface area (Å²) in [6, 6.07) is 9.90. The number of H-pyrrole nitrogens is 1. The molecule has 1 saturated heterocycles. The summed E-state index contributed by atoms with van der Waals surface area (Å²) in [5, 5.41) is 2.66. The lowest BCUT2D eigenvalue weighted by atomic mass is 10.0. The van der Waals surface area contributed by atoms with Gasteiger partial charge in [0, 0.05) is 29.3 Å². The number of aromatic nitrogens is 2. The number of rotatable bonds is 7. The van der Waals surface area contributed by atoms with Crippen molar-refractivity contribution < 1.29 is 28.6 Å². The SMILES string of the molecule is COC(=O)NC(C(=O)N1CN(C(=O)N2Cc3cc(OC)c(OC)cc3C2)CC1c1nc(-c2ccc(Br)cc2)c[nH]1)C(C)C. The van der Waals surface area contributed by atoms with E-state index in [1.54, 1.807) is 35.1 Å². The summed E-state index contributed by atoms with van der Waals surface area (Å²) < 4.78 is 16.6. The van der Waals surface area contributed by atoms with Gasteiger partial charge in [0.15, 0.2) is 11.5 Å². The minimum Gasteiger partial charge on any atom is -0.493 e. The number of carbonyl (C=O) groups excluding carboxylic acids is 3. The summed E-state index contributed by atoms with van der Waals surface area (Å²) in [5.41, 5.74) is 3.57. The van der Waals surface area contributed by atoms with Crippen molar-refractivity contribution in [3.05, 3.63) is 64.0 Å². The molecular formula is C30H35BrN6O6. The molecule has 2 N–H and O–H groups in total. The van der Waals surface area contributed by atoms with E-state index in [4.69, 9.17) is 19.2 Å². The Hall–Kier alpha value is -4.26. The van der Waals surface area contributed by atoms with Gasteiger partial charge in [-0.1, -0.05) is 41.9 Å². The monoisotopic (exact) mass is 654 g/mol. The van der Waals surface area contributed by atoms with E-state index in [1.165, 1.54) is 7.11 Å². The van der Waals surface area contributed by atoms with E-state index in [9.17, 15) is 14.4 Å². The number of hydrogen-bond acceptors (Lipinski definition) is 7. The van der Waals surface area contributed by atoms with Crippen LogP contribution >= 0.6 is 15.9 Å². The first-order valence-electron chi connectivity index (χ1n) is 13.9. The van der Waals surface area contributed by atoms with E-state index in [1.807, 2.05) is 50.2 Å². The van der Waals surface area contributed by atoms with Crippen molar-refractivity contribution in [1.82, 2.24) is 30.0 Å². The molecule has 2 aliphatic heterocycles. The van der Waals surface area contributed by atoms with Crippen LogP contribution in [0.25, 0.3) is 11.3 Å². The van der Waals surface area contributed by atoms with Crippen LogP contribution in [0.15, 0.2) is 47.1 Å². The quantitative estimate of drug-likeness (QED) is 0.383. The van der Waals surface area contributed by atoms with E-state index in [0.717, 1.165) is 21.2 Å². The second-order valence-corrected chi connectivity index (χ2v) is 11.8. The molecule has 4 amide bonds. The minimum absolute atomic E-state index is 0.0300. The molecule has 12 nitrogen and oxygen atoms in total. The van der Waals surface area contributed by atoms with Crippen LogP contribution in [0.3, 0.4) is 0 Å². The topological polar surface area (TPSA) is 129 Å². The molecule has 2 aliphatic rings. The highest BCUT2D eigenvalue weighted by Crippen LogP contribution is 2.36. The maximum absolute atomic E-state index is 14.0. The van der Waals surface area contributed by atoms with Gasteiger partial charge in [-0.15, -0.1) is 0 Å². The van der Waals surface area contributed by atoms with Crippen molar-refractivity contribution in [2.24, 2.45) is 5.92 Å². The Morgan fingerprint density at radius 2 is 1.63 bits per heavy atom. The molecule has 5 rings (SSSR count). The van der Waals surface area contributed by atoms with Crippen molar-refractivity contribution in [2.75, 3.05) is 34.5 Å². The summed E-state index contributed by atoms with van der Waals surface area (Å²) in [5.74, 6) is 1.18. The van der Waals surface area contributed by atoms with Crippen molar-refractivity contribution in [3.8, 4) is 22.8 Å². The van der Waals surface area contributed by atoms with Gasteiger partial charge in [-0.05, 0) is 41.3 Å². The van der Waals surface area contributed by atoms with Crippen LogP contribution < -0.4 is 14.8 Å². The number of aromatic amines is 1. The third-order valence-electron chi connectivity index (χ3n) is 7.79. The van der Waals surface area contributed by atoms with Crippen LogP contribution in [-0.4, -0.2) is 83.3 Å². The summed E-state index contributed by atoms with van der Waals surface area (Å²) in [6.45, 7) is 4.74. The molecule has 0 bridgehead atoms. The number of nitrogens with one attached hydrogen (secondary N) is 2. The first-order chi connectivity index (χ1) is 20.6. The van der Waals surface area contributed by atoms with Gasteiger partial charge in [0.2, 0.25) is 5.91 Å². The maximum Gasteiger partial charge on any atom is 0.407 e. The number of nitrogens with zero attached hydrogens (tertiary/aromatic N) is 4. The molecule has 1 aromatic heterocycles. The van der Waals surface area contributed by atoms with Gasteiger partial charge >= 0.3 is 12.1 Å². The average molecular weight is 656 g/mol. The minimum atomic E-state index is -0.859. The normalized spacial score (nSPS) is 16.7. The molecule has 2 aromatic carbocycles. The largest absolute Gasteiger partial charge is 0.493 e. The number of benzene rings is 2. The van der Waals surface area contributed by atoms with Crippen LogP contribution in [0.5, 0.6) is 11.5 Å². The van der Waals surface area contributed by atoms with Gasteiger partial charge in [-0.3, -0.25) is 4.79 Å². The lowest BCUT2D eigenvalue weighted by molar-refractivity contribution is -0.135. The van der Waals surface area contributed by atoms with Gasteiger partial charge in [0.1, 0.15) is 17.9 Å². The summed E-state index contributed by atoms with van der Waals surface area (Å²) in [4.78, 5) is 53.0. The first-order valence-corrected chi connectivity index (χ1v) is 14.7. The van der Waals surface area contributed by atoms with Gasteiger partial charge in [0.25, 0.3) is 0 Å². The summed E-state index contributed by atoms with van der Waals surface area (Å²) in [7, 11) is 4.41. The number of halogens is 1. The van der Waals surface area contributed by atoms with E-state index in [-0.39, 0.29) is 31.1 Å². The fraction of sp³-hybridized carbons (Fsp3) is 0.400. The van der Waals surface area contributed by atoms with Gasteiger partial charge in [-0.2, -0.15) is 0 Å². The van der Waals surface area contributed by atoms with Gasteiger partial charge < -0.3 is 39.2 Å². The van der Waals surface area contributed by atoms with Crippen LogP contribution in [0.1, 0.15) is 36.8 Å². The molecule has 3 heterocycles. The maximum atomic E-state index is 14.0. The number of amides is 4. The Bertz CT molecular complexity index is 1480. The third kappa shape index (κ3) is 6.12. The van der Waals surface area contributed by atoms with Crippen LogP contribution in [0, 0.1) is 5.92 Å². The number of fused-ring (bicyclic) bond motifs is 1. The fourth-order valence-electron chi connectivity index (χ4n) is 5.46. The molecule has 2 atom stereocenters. The van der Waals surface area contributed by atoms with Crippen LogP contribution in [0.2, 0.25) is 0 Å². The molecule has 1 fully saturated rings. The Labute approximate surface area is 258 Å². The molecule has 3 aromatic rings. The zero-order valence-electron chi connectivity index (χ0n) is 24.7. The molecule has 13 heteroatoms. The molecule has 0 radical (unpaired) electrons. The second kappa shape index (κ2) is 12.5.